The van der Waals surface area contributed by atoms with E-state index in [-0.39, 0.29) is 48.2 Å². The van der Waals surface area contributed by atoms with E-state index in [0.717, 1.165) is 30.2 Å². The summed E-state index contributed by atoms with van der Waals surface area (Å²) in [6.45, 7) is 1.49. The van der Waals surface area contributed by atoms with E-state index in [4.69, 9.17) is 0 Å². The van der Waals surface area contributed by atoms with Crippen LogP contribution in [0.3, 0.4) is 0 Å². The van der Waals surface area contributed by atoms with Crippen LogP contribution in [0.5, 0.6) is 0 Å². The van der Waals surface area contributed by atoms with Gasteiger partial charge in [-0.1, -0.05) is 0 Å². The third-order valence-corrected chi connectivity index (χ3v) is 5.16. The zero-order chi connectivity index (χ0) is 15.3. The van der Waals surface area contributed by atoms with Crippen molar-refractivity contribution in [3.05, 3.63) is 24.5 Å². The van der Waals surface area contributed by atoms with Crippen LogP contribution in [0, 0.1) is 0 Å². The van der Waals surface area contributed by atoms with Crippen molar-refractivity contribution in [1.82, 2.24) is 19.9 Å². The molecule has 0 aromatic carbocycles. The molecule has 1 aromatic rings. The van der Waals surface area contributed by atoms with Crippen molar-refractivity contribution in [3.63, 3.8) is 0 Å². The summed E-state index contributed by atoms with van der Waals surface area (Å²) in [6, 6.07) is 3.08. The molecule has 1 fully saturated rings. The molecule has 1 aliphatic rings. The Hall–Kier alpha value is -0.930. The third-order valence-electron chi connectivity index (χ3n) is 3.37. The molecule has 23 heavy (non-hydrogen) atoms. The van der Waals surface area contributed by atoms with Gasteiger partial charge in [0.05, 0.1) is 6.54 Å². The van der Waals surface area contributed by atoms with Crippen molar-refractivity contribution in [3.8, 4) is 0 Å². The van der Waals surface area contributed by atoms with Gasteiger partial charge in [-0.2, -0.15) is 4.31 Å². The number of nitrogens with zero attached hydrogens (tertiary/aromatic N) is 2. The average Bonchev–Trinajstić information content (AvgIpc) is 2.49. The van der Waals surface area contributed by atoms with Crippen LogP contribution in [0.15, 0.2) is 29.4 Å². The van der Waals surface area contributed by atoms with Crippen molar-refractivity contribution < 1.29 is 13.2 Å². The van der Waals surface area contributed by atoms with E-state index in [0.29, 0.717) is 0 Å². The van der Waals surface area contributed by atoms with Gasteiger partial charge in [-0.25, -0.2) is 8.42 Å². The van der Waals surface area contributed by atoms with E-state index >= 15 is 0 Å². The summed E-state index contributed by atoms with van der Waals surface area (Å²) in [6.07, 6.45) is 4.70. The summed E-state index contributed by atoms with van der Waals surface area (Å²) >= 11 is 0. The highest BCUT2D eigenvalue weighted by Crippen LogP contribution is 2.11. The number of halogens is 2. The topological polar surface area (TPSA) is 91.4 Å². The van der Waals surface area contributed by atoms with Gasteiger partial charge >= 0.3 is 0 Å². The van der Waals surface area contributed by atoms with Crippen molar-refractivity contribution in [2.75, 3.05) is 26.7 Å². The zero-order valence-corrected chi connectivity index (χ0v) is 15.2. The number of pyridine rings is 1. The summed E-state index contributed by atoms with van der Waals surface area (Å²) in [7, 11) is -2.29. The Kier molecular flexibility index (Phi) is 9.64. The molecule has 0 spiro atoms. The Morgan fingerprint density at radius 3 is 2.78 bits per heavy atom. The van der Waals surface area contributed by atoms with Crippen molar-refractivity contribution in [1.29, 1.82) is 0 Å². The molecule has 7 nitrogen and oxygen atoms in total. The van der Waals surface area contributed by atoms with Crippen LogP contribution in [0.4, 0.5) is 0 Å². The van der Waals surface area contributed by atoms with Gasteiger partial charge in [0.25, 0.3) is 0 Å². The van der Waals surface area contributed by atoms with E-state index < -0.39 is 10.0 Å². The summed E-state index contributed by atoms with van der Waals surface area (Å²) in [5.41, 5.74) is 0. The number of likely N-dealkylation sites (N-methyl/N-ethyl adjacent to an activating group) is 1. The summed E-state index contributed by atoms with van der Waals surface area (Å²) < 4.78 is 25.5. The molecule has 2 rings (SSSR count). The van der Waals surface area contributed by atoms with Gasteiger partial charge in [0, 0.05) is 32.0 Å². The smallest absolute Gasteiger partial charge is 0.244 e. The molecule has 0 saturated carbocycles. The molecule has 1 atom stereocenters. The molecular weight excluding hydrogens is 363 g/mol. The van der Waals surface area contributed by atoms with Gasteiger partial charge in [-0.3, -0.25) is 9.78 Å². The number of sulfonamides is 1. The molecule has 0 radical (unpaired) electrons. The lowest BCUT2D eigenvalue weighted by atomic mass is 10.1. The second kappa shape index (κ2) is 10.0. The van der Waals surface area contributed by atoms with Gasteiger partial charge in [0.1, 0.15) is 4.90 Å². The Balaban J connectivity index is 0.00000242. The molecule has 0 bridgehead atoms. The van der Waals surface area contributed by atoms with Crippen molar-refractivity contribution in [2.24, 2.45) is 0 Å². The van der Waals surface area contributed by atoms with Crippen molar-refractivity contribution >= 4 is 40.7 Å². The SMILES string of the molecule is CN(CC(=O)N[C@H]1CCCNC1)S(=O)(=O)c1cccnc1.Cl.Cl. The normalized spacial score (nSPS) is 17.7. The van der Waals surface area contributed by atoms with Gasteiger partial charge in [0.15, 0.2) is 0 Å². The first kappa shape index (κ1) is 22.1. The van der Waals surface area contributed by atoms with Gasteiger partial charge < -0.3 is 10.6 Å². The maximum absolute atomic E-state index is 12.3. The number of carbonyl (C=O) groups excluding carboxylic acids is 1. The monoisotopic (exact) mass is 384 g/mol. The lowest BCUT2D eigenvalue weighted by Gasteiger charge is -2.25. The van der Waals surface area contributed by atoms with Crippen LogP contribution in [0.2, 0.25) is 0 Å². The van der Waals surface area contributed by atoms with Gasteiger partial charge in [-0.15, -0.1) is 24.8 Å². The number of aromatic nitrogens is 1. The first-order chi connectivity index (χ1) is 10.00. The number of nitrogens with one attached hydrogen (secondary N) is 2. The Labute approximate surface area is 149 Å². The highest BCUT2D eigenvalue weighted by Gasteiger charge is 2.24. The molecule has 1 saturated heterocycles. The number of piperidine rings is 1. The van der Waals surface area contributed by atoms with Crippen LogP contribution in [0.25, 0.3) is 0 Å². The predicted octanol–water partition coefficient (Wildman–Crippen LogP) is 0.414. The fourth-order valence-corrected chi connectivity index (χ4v) is 3.31. The van der Waals surface area contributed by atoms with E-state index in [1.807, 2.05) is 0 Å². The van der Waals surface area contributed by atoms with Crippen molar-refractivity contribution in [2.45, 2.75) is 23.8 Å². The molecular formula is C13H22Cl2N4O3S. The second-order valence-corrected chi connectivity index (χ2v) is 7.11. The lowest BCUT2D eigenvalue weighted by Crippen LogP contribution is -2.48. The minimum Gasteiger partial charge on any atom is -0.351 e. The fraction of sp³-hybridized carbons (Fsp3) is 0.538. The number of hydrogen-bond acceptors (Lipinski definition) is 5. The van der Waals surface area contributed by atoms with E-state index in [1.165, 1.54) is 25.5 Å². The third kappa shape index (κ3) is 6.23. The van der Waals surface area contributed by atoms with Crippen LogP contribution in [0.1, 0.15) is 12.8 Å². The summed E-state index contributed by atoms with van der Waals surface area (Å²) in [4.78, 5) is 15.8. The number of carbonyl (C=O) groups is 1. The predicted molar refractivity (Wildman–Crippen MR) is 92.6 cm³/mol. The molecule has 1 amide bonds. The summed E-state index contributed by atoms with van der Waals surface area (Å²) in [5.74, 6) is -0.293. The molecule has 2 heterocycles. The Morgan fingerprint density at radius 2 is 2.22 bits per heavy atom. The van der Waals surface area contributed by atoms with Crippen LogP contribution in [-0.2, 0) is 14.8 Å². The van der Waals surface area contributed by atoms with Crippen LogP contribution >= 0.6 is 24.8 Å². The first-order valence-corrected chi connectivity index (χ1v) is 8.30. The van der Waals surface area contributed by atoms with Crippen LogP contribution in [-0.4, -0.2) is 56.3 Å². The Morgan fingerprint density at radius 1 is 1.48 bits per heavy atom. The molecule has 10 heteroatoms. The quantitative estimate of drug-likeness (QED) is 0.767. The van der Waals surface area contributed by atoms with Crippen LogP contribution < -0.4 is 10.6 Å². The highest BCUT2D eigenvalue weighted by molar-refractivity contribution is 7.89. The maximum atomic E-state index is 12.3. The van der Waals surface area contributed by atoms with E-state index in [1.54, 1.807) is 6.07 Å². The average molecular weight is 385 g/mol. The summed E-state index contributed by atoms with van der Waals surface area (Å²) in [5, 5.41) is 6.04. The van der Waals surface area contributed by atoms with E-state index in [2.05, 4.69) is 15.6 Å². The molecule has 1 aliphatic heterocycles. The minimum absolute atomic E-state index is 0. The van der Waals surface area contributed by atoms with E-state index in [9.17, 15) is 13.2 Å². The molecule has 2 N–H and O–H groups in total. The second-order valence-electron chi connectivity index (χ2n) is 5.06. The number of hydrogen-bond donors (Lipinski definition) is 2. The van der Waals surface area contributed by atoms with Gasteiger partial charge in [0.2, 0.25) is 15.9 Å². The molecule has 0 aliphatic carbocycles. The molecule has 132 valence electrons. The standard InChI is InChI=1S/C13H20N4O3S.2ClH/c1-17(21(19,20)12-5-3-7-15-9-12)10-13(18)16-11-4-2-6-14-8-11;;/h3,5,7,9,11,14H,2,4,6,8,10H2,1H3,(H,16,18);2*1H/t11-;;/m0../s1. The minimum atomic E-state index is -3.68. The number of rotatable bonds is 5. The molecule has 0 unspecified atom stereocenters. The number of amides is 1. The highest BCUT2D eigenvalue weighted by atomic mass is 35.5. The Bertz CT molecular complexity index is 580. The maximum Gasteiger partial charge on any atom is 0.244 e. The lowest BCUT2D eigenvalue weighted by molar-refractivity contribution is -0.121. The fourth-order valence-electron chi connectivity index (χ4n) is 2.22. The molecule has 1 aromatic heterocycles. The largest absolute Gasteiger partial charge is 0.351 e. The zero-order valence-electron chi connectivity index (χ0n) is 12.8. The first-order valence-electron chi connectivity index (χ1n) is 6.86. The van der Waals surface area contributed by atoms with Gasteiger partial charge in [-0.05, 0) is 31.5 Å².